The predicted octanol–water partition coefficient (Wildman–Crippen LogP) is 1.82. The average Bonchev–Trinajstić information content (AvgIpc) is 3.18. The monoisotopic (exact) mass is 501 g/mol. The highest BCUT2D eigenvalue weighted by Crippen LogP contribution is 2.24. The first kappa shape index (κ1) is 18.8. The molecule has 1 aromatic carbocycles. The van der Waals surface area contributed by atoms with Crippen molar-refractivity contribution in [1.29, 1.82) is 0 Å². The number of aliphatic hydroxyl groups is 2. The van der Waals surface area contributed by atoms with Crippen LogP contribution in [0.15, 0.2) is 30.6 Å². The summed E-state index contributed by atoms with van der Waals surface area (Å²) in [4.78, 5) is 12.9. The maximum Gasteiger partial charge on any atom is 0.226 e. The number of imidazole rings is 1. The highest BCUT2D eigenvalue weighted by molar-refractivity contribution is 14.1. The lowest BCUT2D eigenvalue weighted by atomic mass is 10.1. The summed E-state index contributed by atoms with van der Waals surface area (Å²) in [5.41, 5.74) is 2.23. The molecule has 0 spiro atoms. The first-order valence-corrected chi connectivity index (χ1v) is 9.81. The van der Waals surface area contributed by atoms with Crippen LogP contribution in [0.5, 0.6) is 0 Å². The Balaban J connectivity index is 1.58. The molecule has 3 aromatic rings. The van der Waals surface area contributed by atoms with Gasteiger partial charge < -0.3 is 24.8 Å². The van der Waals surface area contributed by atoms with Gasteiger partial charge in [0.05, 0.1) is 19.5 Å². The number of benzene rings is 1. The Kier molecular flexibility index (Phi) is 5.46. The average molecular weight is 502 g/mol. The Morgan fingerprint density at radius 2 is 2.19 bits per heavy atom. The lowest BCUT2D eigenvalue weighted by molar-refractivity contribution is 0.0157. The van der Waals surface area contributed by atoms with E-state index in [4.69, 9.17) is 16.3 Å². The molecule has 3 unspecified atom stereocenters. The minimum absolute atomic E-state index is 0.0994. The van der Waals surface area contributed by atoms with Gasteiger partial charge in [0.2, 0.25) is 5.28 Å². The van der Waals surface area contributed by atoms with Gasteiger partial charge in [-0.2, -0.15) is 9.97 Å². The van der Waals surface area contributed by atoms with Gasteiger partial charge in [0, 0.05) is 10.1 Å². The maximum atomic E-state index is 9.99. The Morgan fingerprint density at radius 3 is 2.93 bits per heavy atom. The number of aliphatic hydroxyl groups excluding tert-OH is 2. The van der Waals surface area contributed by atoms with Gasteiger partial charge in [-0.15, -0.1) is 0 Å². The second kappa shape index (κ2) is 7.84. The number of ether oxygens (including phenoxy) is 1. The summed E-state index contributed by atoms with van der Waals surface area (Å²) < 4.78 is 8.33. The van der Waals surface area contributed by atoms with Crippen molar-refractivity contribution >= 4 is 51.2 Å². The lowest BCUT2D eigenvalue weighted by Gasteiger charge is -2.15. The molecule has 10 heteroatoms. The Hall–Kier alpha value is -1.53. The molecule has 0 aliphatic carbocycles. The maximum absolute atomic E-state index is 9.99. The molecule has 1 aliphatic heterocycles. The molecule has 0 bridgehead atoms. The van der Waals surface area contributed by atoms with Crippen LogP contribution >= 0.6 is 34.2 Å². The van der Waals surface area contributed by atoms with Crippen molar-refractivity contribution in [2.45, 2.75) is 31.4 Å². The van der Waals surface area contributed by atoms with Crippen LogP contribution in [0.3, 0.4) is 0 Å². The standard InChI is InChI=1S/C17H17ClIN5O3/c18-17-22-15(20-5-9-2-1-3-10(19)4-9)13-16(23-17)24(8-21-13)6-12-14(26)11(25)7-27-12/h1-4,8,11-12,14,25-26H,5-7H2,(H,20,22,23). The molecule has 1 saturated heterocycles. The molecule has 1 aliphatic rings. The Bertz CT molecular complexity index is 969. The van der Waals surface area contributed by atoms with Crippen LogP contribution in [0, 0.1) is 3.57 Å². The Labute approximate surface area is 173 Å². The van der Waals surface area contributed by atoms with Gasteiger partial charge in [-0.05, 0) is 51.9 Å². The summed E-state index contributed by atoms with van der Waals surface area (Å²) in [5, 5.41) is 23.0. The number of nitrogens with one attached hydrogen (secondary N) is 1. The summed E-state index contributed by atoms with van der Waals surface area (Å²) in [6.45, 7) is 0.984. The fraction of sp³-hybridized carbons (Fsp3) is 0.353. The van der Waals surface area contributed by atoms with E-state index in [0.29, 0.717) is 30.1 Å². The van der Waals surface area contributed by atoms with Crippen molar-refractivity contribution in [1.82, 2.24) is 19.5 Å². The smallest absolute Gasteiger partial charge is 0.226 e. The summed E-state index contributed by atoms with van der Waals surface area (Å²) in [6, 6.07) is 8.13. The van der Waals surface area contributed by atoms with Crippen molar-refractivity contribution in [2.75, 3.05) is 11.9 Å². The molecular formula is C17H17ClIN5O3. The van der Waals surface area contributed by atoms with Gasteiger partial charge in [-0.25, -0.2) is 4.98 Å². The number of fused-ring (bicyclic) bond motifs is 1. The number of anilines is 1. The second-order valence-corrected chi connectivity index (χ2v) is 7.91. The van der Waals surface area contributed by atoms with Crippen molar-refractivity contribution in [2.24, 2.45) is 0 Å². The summed E-state index contributed by atoms with van der Waals surface area (Å²) in [6.07, 6.45) is -0.756. The third-order valence-corrected chi connectivity index (χ3v) is 5.26. The van der Waals surface area contributed by atoms with E-state index in [9.17, 15) is 10.2 Å². The summed E-state index contributed by atoms with van der Waals surface area (Å²) >= 11 is 8.37. The molecule has 4 rings (SSSR count). The fourth-order valence-electron chi connectivity index (χ4n) is 3.03. The zero-order valence-corrected chi connectivity index (χ0v) is 17.0. The van der Waals surface area contributed by atoms with E-state index in [2.05, 4.69) is 48.9 Å². The number of aromatic nitrogens is 4. The highest BCUT2D eigenvalue weighted by Gasteiger charge is 2.35. The summed E-state index contributed by atoms with van der Waals surface area (Å²) in [5.74, 6) is 0.538. The van der Waals surface area contributed by atoms with Gasteiger partial charge in [0.25, 0.3) is 0 Å². The first-order valence-electron chi connectivity index (χ1n) is 8.35. The fourth-order valence-corrected chi connectivity index (χ4v) is 3.80. The van der Waals surface area contributed by atoms with Gasteiger partial charge in [-0.3, -0.25) is 0 Å². The van der Waals surface area contributed by atoms with Gasteiger partial charge in [0.15, 0.2) is 17.0 Å². The number of rotatable bonds is 5. The van der Waals surface area contributed by atoms with Gasteiger partial charge >= 0.3 is 0 Å². The summed E-state index contributed by atoms with van der Waals surface area (Å²) in [7, 11) is 0. The highest BCUT2D eigenvalue weighted by atomic mass is 127. The van der Waals surface area contributed by atoms with Gasteiger partial charge in [0.1, 0.15) is 18.3 Å². The molecule has 3 N–H and O–H groups in total. The number of hydrogen-bond acceptors (Lipinski definition) is 7. The van der Waals surface area contributed by atoms with Gasteiger partial charge in [-0.1, -0.05) is 12.1 Å². The number of hydrogen-bond donors (Lipinski definition) is 3. The minimum Gasteiger partial charge on any atom is -0.388 e. The molecular weight excluding hydrogens is 485 g/mol. The van der Waals surface area contributed by atoms with Crippen LogP contribution in [0.4, 0.5) is 5.82 Å². The van der Waals surface area contributed by atoms with E-state index in [-0.39, 0.29) is 11.9 Å². The molecule has 0 amide bonds. The zero-order valence-electron chi connectivity index (χ0n) is 14.1. The minimum atomic E-state index is -0.946. The molecule has 2 aromatic heterocycles. The van der Waals surface area contributed by atoms with Crippen molar-refractivity contribution < 1.29 is 14.9 Å². The quantitative estimate of drug-likeness (QED) is 0.362. The molecule has 3 atom stereocenters. The van der Waals surface area contributed by atoms with Crippen LogP contribution in [0.1, 0.15) is 5.56 Å². The topological polar surface area (TPSA) is 105 Å². The molecule has 0 saturated carbocycles. The lowest BCUT2D eigenvalue weighted by Crippen LogP contribution is -2.32. The van der Waals surface area contributed by atoms with E-state index in [0.717, 1.165) is 9.13 Å². The SMILES string of the molecule is OC1COC(Cn2cnc3c(NCc4cccc(I)c4)nc(Cl)nc32)C1O. The number of halogens is 2. The van der Waals surface area contributed by atoms with Crippen molar-refractivity contribution in [3.63, 3.8) is 0 Å². The molecule has 1 fully saturated rings. The molecule has 3 heterocycles. The van der Waals surface area contributed by atoms with E-state index >= 15 is 0 Å². The molecule has 27 heavy (non-hydrogen) atoms. The third-order valence-electron chi connectivity index (χ3n) is 4.42. The van der Waals surface area contributed by atoms with E-state index in [1.54, 1.807) is 10.9 Å². The van der Waals surface area contributed by atoms with Crippen LogP contribution < -0.4 is 5.32 Å². The molecule has 0 radical (unpaired) electrons. The van der Waals surface area contributed by atoms with Crippen molar-refractivity contribution in [3.8, 4) is 0 Å². The normalized spacial score (nSPS) is 22.4. The van der Waals surface area contributed by atoms with E-state index in [1.165, 1.54) is 0 Å². The first-order chi connectivity index (χ1) is 13.0. The van der Waals surface area contributed by atoms with E-state index < -0.39 is 18.3 Å². The van der Waals surface area contributed by atoms with Crippen LogP contribution in [-0.2, 0) is 17.8 Å². The second-order valence-electron chi connectivity index (χ2n) is 6.32. The Morgan fingerprint density at radius 1 is 1.33 bits per heavy atom. The van der Waals surface area contributed by atoms with Crippen LogP contribution in [-0.4, -0.2) is 54.7 Å². The van der Waals surface area contributed by atoms with Crippen LogP contribution in [0.25, 0.3) is 11.2 Å². The number of nitrogens with zero attached hydrogens (tertiary/aromatic N) is 4. The van der Waals surface area contributed by atoms with Crippen LogP contribution in [0.2, 0.25) is 5.28 Å². The van der Waals surface area contributed by atoms with E-state index in [1.807, 2.05) is 18.2 Å². The third kappa shape index (κ3) is 4.02. The molecule has 142 valence electrons. The van der Waals surface area contributed by atoms with Crippen molar-refractivity contribution in [3.05, 3.63) is 45.0 Å². The molecule has 8 nitrogen and oxygen atoms in total. The predicted molar refractivity (Wildman–Crippen MR) is 109 cm³/mol. The zero-order chi connectivity index (χ0) is 19.0. The largest absolute Gasteiger partial charge is 0.388 e.